The number of halogens is 3. The molecule has 194 valence electrons. The Bertz CT molecular complexity index is 1360. The minimum Gasteiger partial charge on any atom is -0.351 e. The van der Waals surface area contributed by atoms with Crippen LogP contribution in [0.25, 0.3) is 22.3 Å². The average Bonchev–Trinajstić information content (AvgIpc) is 2.79. The number of aryl methyl sites for hydroxylation is 2. The largest absolute Gasteiger partial charge is 0.390 e. The lowest BCUT2D eigenvalue weighted by atomic mass is 9.92. The van der Waals surface area contributed by atoms with Crippen LogP contribution in [0.2, 0.25) is 0 Å². The van der Waals surface area contributed by atoms with Crippen molar-refractivity contribution in [3.05, 3.63) is 35.7 Å². The standard InChI is InChI=1S/C23H28F3N7O2S/c1-13-11-18(17-7-8-20(29-14(17)2)33-36(34,35)10-9-23(24,25)26)31-19-12-28-22(32-21(13)19)30-16-5-3-15(27)4-6-16/h7-8,11-12,15-16H,3-6,9-10,27H2,1-2H3,(H,29,33)(H,28,30,32). The van der Waals surface area contributed by atoms with Gasteiger partial charge in [0.1, 0.15) is 11.3 Å². The summed E-state index contributed by atoms with van der Waals surface area (Å²) in [4.78, 5) is 17.9. The Morgan fingerprint density at radius 2 is 1.81 bits per heavy atom. The van der Waals surface area contributed by atoms with Gasteiger partial charge in [-0.25, -0.2) is 28.4 Å². The number of pyridine rings is 2. The van der Waals surface area contributed by atoms with E-state index < -0.39 is 28.4 Å². The molecule has 1 aliphatic carbocycles. The number of hydrogen-bond acceptors (Lipinski definition) is 8. The van der Waals surface area contributed by atoms with Crippen LogP contribution in [0.15, 0.2) is 24.4 Å². The molecule has 4 N–H and O–H groups in total. The molecule has 4 rings (SSSR count). The molecule has 3 aromatic heterocycles. The van der Waals surface area contributed by atoms with E-state index in [9.17, 15) is 21.6 Å². The van der Waals surface area contributed by atoms with Crippen LogP contribution in [0, 0.1) is 13.8 Å². The molecule has 1 aliphatic rings. The molecule has 0 saturated heterocycles. The number of anilines is 2. The lowest BCUT2D eigenvalue weighted by Gasteiger charge is -2.26. The molecule has 3 heterocycles. The van der Waals surface area contributed by atoms with Gasteiger partial charge >= 0.3 is 6.18 Å². The van der Waals surface area contributed by atoms with Gasteiger partial charge in [0.05, 0.1) is 29.6 Å². The number of sulfonamides is 1. The molecule has 0 bridgehead atoms. The van der Waals surface area contributed by atoms with Crippen molar-refractivity contribution >= 4 is 32.8 Å². The lowest BCUT2D eigenvalue weighted by Crippen LogP contribution is -2.33. The van der Waals surface area contributed by atoms with Gasteiger partial charge in [-0.15, -0.1) is 0 Å². The molecule has 3 aromatic rings. The van der Waals surface area contributed by atoms with Gasteiger partial charge in [-0.2, -0.15) is 13.2 Å². The predicted molar refractivity (Wildman–Crippen MR) is 132 cm³/mol. The third-order valence-corrected chi connectivity index (χ3v) is 7.38. The fraction of sp³-hybridized carbons (Fsp3) is 0.478. The number of aromatic nitrogens is 4. The molecular weight excluding hydrogens is 495 g/mol. The number of fused-ring (bicyclic) bond motifs is 1. The molecule has 0 aromatic carbocycles. The van der Waals surface area contributed by atoms with E-state index in [1.54, 1.807) is 19.2 Å². The van der Waals surface area contributed by atoms with Crippen LogP contribution in [0.4, 0.5) is 24.9 Å². The van der Waals surface area contributed by atoms with Gasteiger partial charge in [-0.05, 0) is 63.3 Å². The molecule has 13 heteroatoms. The molecule has 9 nitrogen and oxygen atoms in total. The number of hydrogen-bond donors (Lipinski definition) is 3. The molecule has 36 heavy (non-hydrogen) atoms. The molecular formula is C23H28F3N7O2S. The van der Waals surface area contributed by atoms with Crippen LogP contribution in [0.5, 0.6) is 0 Å². The SMILES string of the molecule is Cc1nc(NS(=O)(=O)CCC(F)(F)F)ccc1-c1cc(C)c2nc(NC3CCC(N)CC3)ncc2n1. The van der Waals surface area contributed by atoms with Crippen molar-refractivity contribution in [3.63, 3.8) is 0 Å². The normalized spacial score (nSPS) is 18.8. The zero-order valence-corrected chi connectivity index (χ0v) is 20.7. The minimum absolute atomic E-state index is 0.0568. The Morgan fingerprint density at radius 3 is 2.47 bits per heavy atom. The first-order valence-corrected chi connectivity index (χ1v) is 13.3. The summed E-state index contributed by atoms with van der Waals surface area (Å²) in [5.74, 6) is -0.588. The number of alkyl halides is 3. The molecule has 1 saturated carbocycles. The summed E-state index contributed by atoms with van der Waals surface area (Å²) >= 11 is 0. The van der Waals surface area contributed by atoms with Crippen LogP contribution in [0.1, 0.15) is 43.4 Å². The Balaban J connectivity index is 1.52. The van der Waals surface area contributed by atoms with Crippen molar-refractivity contribution in [3.8, 4) is 11.3 Å². The van der Waals surface area contributed by atoms with Gasteiger partial charge in [0, 0.05) is 23.3 Å². The predicted octanol–water partition coefficient (Wildman–Crippen LogP) is 4.08. The van der Waals surface area contributed by atoms with Gasteiger partial charge in [0.2, 0.25) is 16.0 Å². The summed E-state index contributed by atoms with van der Waals surface area (Å²) in [6.07, 6.45) is -0.465. The topological polar surface area (TPSA) is 136 Å². The van der Waals surface area contributed by atoms with Crippen molar-refractivity contribution in [2.45, 2.75) is 64.2 Å². The molecule has 0 atom stereocenters. The van der Waals surface area contributed by atoms with Gasteiger partial charge in [-0.1, -0.05) is 0 Å². The lowest BCUT2D eigenvalue weighted by molar-refractivity contribution is -0.129. The molecule has 0 unspecified atom stereocenters. The van der Waals surface area contributed by atoms with Gasteiger partial charge in [0.15, 0.2) is 0 Å². The highest BCUT2D eigenvalue weighted by Crippen LogP contribution is 2.28. The van der Waals surface area contributed by atoms with E-state index in [0.717, 1.165) is 31.2 Å². The van der Waals surface area contributed by atoms with Gasteiger partial charge in [0.25, 0.3) is 0 Å². The zero-order valence-electron chi connectivity index (χ0n) is 19.9. The van der Waals surface area contributed by atoms with Crippen LogP contribution in [0.3, 0.4) is 0 Å². The van der Waals surface area contributed by atoms with Crippen molar-refractivity contribution in [2.24, 2.45) is 5.73 Å². The van der Waals surface area contributed by atoms with E-state index in [2.05, 4.69) is 30.0 Å². The Labute approximate surface area is 207 Å². The van der Waals surface area contributed by atoms with Crippen LogP contribution in [-0.4, -0.2) is 52.4 Å². The second-order valence-electron chi connectivity index (χ2n) is 9.12. The summed E-state index contributed by atoms with van der Waals surface area (Å²) in [5, 5.41) is 3.38. The summed E-state index contributed by atoms with van der Waals surface area (Å²) in [6.45, 7) is 3.58. The quantitative estimate of drug-likeness (QED) is 0.422. The van der Waals surface area contributed by atoms with E-state index in [-0.39, 0.29) is 17.9 Å². The van der Waals surface area contributed by atoms with E-state index >= 15 is 0 Å². The fourth-order valence-corrected chi connectivity index (χ4v) is 5.22. The summed E-state index contributed by atoms with van der Waals surface area (Å²) < 4.78 is 63.2. The maximum Gasteiger partial charge on any atom is 0.390 e. The number of nitrogens with one attached hydrogen (secondary N) is 2. The molecule has 0 aliphatic heterocycles. The second kappa shape index (κ2) is 10.1. The molecule has 1 fully saturated rings. The number of nitrogens with two attached hydrogens (primary N) is 1. The van der Waals surface area contributed by atoms with Crippen molar-refractivity contribution in [1.82, 2.24) is 19.9 Å². The van der Waals surface area contributed by atoms with E-state index in [0.29, 0.717) is 33.9 Å². The van der Waals surface area contributed by atoms with E-state index in [1.807, 2.05) is 13.0 Å². The highest BCUT2D eigenvalue weighted by atomic mass is 32.2. The second-order valence-corrected chi connectivity index (χ2v) is 11.0. The third-order valence-electron chi connectivity index (χ3n) is 6.12. The average molecular weight is 524 g/mol. The van der Waals surface area contributed by atoms with Crippen molar-refractivity contribution in [1.29, 1.82) is 0 Å². The van der Waals surface area contributed by atoms with Crippen LogP contribution >= 0.6 is 0 Å². The van der Waals surface area contributed by atoms with Gasteiger partial charge in [-0.3, -0.25) is 4.72 Å². The Kier molecular flexibility index (Phi) is 7.32. The first-order valence-electron chi connectivity index (χ1n) is 11.6. The summed E-state index contributed by atoms with van der Waals surface area (Å²) in [6, 6.07) is 5.42. The molecule has 0 amide bonds. The first-order chi connectivity index (χ1) is 16.9. The maximum atomic E-state index is 12.4. The molecule has 0 spiro atoms. The smallest absolute Gasteiger partial charge is 0.351 e. The highest BCUT2D eigenvalue weighted by molar-refractivity contribution is 7.92. The van der Waals surface area contributed by atoms with E-state index in [1.165, 1.54) is 6.07 Å². The molecule has 0 radical (unpaired) electrons. The maximum absolute atomic E-state index is 12.4. The van der Waals surface area contributed by atoms with Gasteiger partial charge < -0.3 is 11.1 Å². The third kappa shape index (κ3) is 6.58. The van der Waals surface area contributed by atoms with E-state index in [4.69, 9.17) is 5.73 Å². The minimum atomic E-state index is -4.56. The fourth-order valence-electron chi connectivity index (χ4n) is 4.19. The first kappa shape index (κ1) is 26.0. The zero-order chi connectivity index (χ0) is 26.1. The van der Waals surface area contributed by atoms with Crippen molar-refractivity contribution < 1.29 is 21.6 Å². The van der Waals surface area contributed by atoms with Crippen LogP contribution < -0.4 is 15.8 Å². The highest BCUT2D eigenvalue weighted by Gasteiger charge is 2.30. The number of rotatable bonds is 7. The Hall–Kier alpha value is -3.06. The van der Waals surface area contributed by atoms with Crippen molar-refractivity contribution in [2.75, 3.05) is 15.8 Å². The summed E-state index contributed by atoms with van der Waals surface area (Å²) in [5.41, 5.74) is 9.88. The Morgan fingerprint density at radius 1 is 1.08 bits per heavy atom. The van der Waals surface area contributed by atoms with Crippen LogP contribution in [-0.2, 0) is 10.0 Å². The monoisotopic (exact) mass is 523 g/mol. The number of nitrogens with zero attached hydrogens (tertiary/aromatic N) is 4. The summed E-state index contributed by atoms with van der Waals surface area (Å²) in [7, 11) is -4.19.